The molecule has 1 aromatic carbocycles. The van der Waals surface area contributed by atoms with E-state index in [0.29, 0.717) is 12.3 Å². The first-order chi connectivity index (χ1) is 12.2. The second-order valence-corrected chi connectivity index (χ2v) is 7.12. The van der Waals surface area contributed by atoms with Gasteiger partial charge in [0.05, 0.1) is 0 Å². The number of anilines is 2. The Morgan fingerprint density at radius 1 is 1.12 bits per heavy atom. The largest absolute Gasteiger partial charge is 0.341 e. The molecular formula is C20H24N4O. The third kappa shape index (κ3) is 3.36. The molecule has 1 amide bonds. The molecule has 5 heteroatoms. The van der Waals surface area contributed by atoms with Crippen LogP contribution in [0, 0.1) is 12.8 Å². The van der Waals surface area contributed by atoms with Gasteiger partial charge in [0.2, 0.25) is 11.9 Å². The molecule has 5 nitrogen and oxygen atoms in total. The minimum Gasteiger partial charge on any atom is -0.341 e. The van der Waals surface area contributed by atoms with Crippen molar-refractivity contribution in [3.63, 3.8) is 0 Å². The predicted octanol–water partition coefficient (Wildman–Crippen LogP) is 2.98. The van der Waals surface area contributed by atoms with E-state index < -0.39 is 0 Å². The number of amides is 1. The first kappa shape index (κ1) is 16.1. The molecule has 4 rings (SSSR count). The third-order valence-electron chi connectivity index (χ3n) is 5.32. The van der Waals surface area contributed by atoms with Gasteiger partial charge in [0, 0.05) is 44.1 Å². The predicted molar refractivity (Wildman–Crippen MR) is 98.8 cm³/mol. The van der Waals surface area contributed by atoms with Crippen LogP contribution in [0.15, 0.2) is 36.7 Å². The van der Waals surface area contributed by atoms with Crippen molar-refractivity contribution in [1.29, 1.82) is 0 Å². The zero-order valence-corrected chi connectivity index (χ0v) is 14.7. The Labute approximate surface area is 148 Å². The van der Waals surface area contributed by atoms with E-state index in [2.05, 4.69) is 33.1 Å². The summed E-state index contributed by atoms with van der Waals surface area (Å²) in [6, 6.07) is 8.26. The molecule has 0 saturated carbocycles. The van der Waals surface area contributed by atoms with Crippen LogP contribution in [0.4, 0.5) is 11.6 Å². The first-order valence-electron chi connectivity index (χ1n) is 9.12. The highest BCUT2D eigenvalue weighted by Gasteiger charge is 2.28. The van der Waals surface area contributed by atoms with E-state index in [4.69, 9.17) is 0 Å². The lowest BCUT2D eigenvalue weighted by atomic mass is 9.93. The monoisotopic (exact) mass is 336 g/mol. The van der Waals surface area contributed by atoms with Crippen molar-refractivity contribution in [3.05, 3.63) is 47.8 Å². The van der Waals surface area contributed by atoms with E-state index >= 15 is 0 Å². The van der Waals surface area contributed by atoms with Gasteiger partial charge in [0.1, 0.15) is 0 Å². The van der Waals surface area contributed by atoms with Crippen molar-refractivity contribution < 1.29 is 4.79 Å². The van der Waals surface area contributed by atoms with Gasteiger partial charge in [0.15, 0.2) is 0 Å². The number of hydrogen-bond donors (Lipinski definition) is 0. The van der Waals surface area contributed by atoms with Gasteiger partial charge in [0.25, 0.3) is 0 Å². The summed E-state index contributed by atoms with van der Waals surface area (Å²) in [5.74, 6) is 1.54. The lowest BCUT2D eigenvalue weighted by Crippen LogP contribution is -2.37. The molecule has 2 aromatic rings. The molecule has 1 fully saturated rings. The Morgan fingerprint density at radius 3 is 2.60 bits per heavy atom. The van der Waals surface area contributed by atoms with Crippen LogP contribution in [0.3, 0.4) is 0 Å². The minimum atomic E-state index is 0.273. The van der Waals surface area contributed by atoms with Crippen LogP contribution in [0.5, 0.6) is 0 Å². The van der Waals surface area contributed by atoms with Crippen LogP contribution in [-0.2, 0) is 11.2 Å². The Bertz CT molecular complexity index is 751. The third-order valence-corrected chi connectivity index (χ3v) is 5.32. The number of para-hydroxylation sites is 1. The van der Waals surface area contributed by atoms with E-state index in [1.54, 1.807) is 0 Å². The quantitative estimate of drug-likeness (QED) is 0.865. The standard InChI is InChI=1S/C20H24N4O/c1-15-13-21-20(22-14-15)23-9-6-16(7-10-23)12-19(25)24-11-8-17-4-2-3-5-18(17)24/h2-5,13-14,16H,6-12H2,1H3. The molecular weight excluding hydrogens is 312 g/mol. The van der Waals surface area contributed by atoms with Crippen LogP contribution in [-0.4, -0.2) is 35.5 Å². The van der Waals surface area contributed by atoms with Crippen LogP contribution >= 0.6 is 0 Å². The van der Waals surface area contributed by atoms with E-state index in [9.17, 15) is 4.79 Å². The maximum Gasteiger partial charge on any atom is 0.227 e. The number of benzene rings is 1. The summed E-state index contributed by atoms with van der Waals surface area (Å²) in [5, 5.41) is 0. The van der Waals surface area contributed by atoms with Crippen LogP contribution in [0.25, 0.3) is 0 Å². The minimum absolute atomic E-state index is 0.273. The summed E-state index contributed by atoms with van der Waals surface area (Å²) < 4.78 is 0. The zero-order chi connectivity index (χ0) is 17.2. The van der Waals surface area contributed by atoms with Gasteiger partial charge in [-0.05, 0) is 49.3 Å². The van der Waals surface area contributed by atoms with Gasteiger partial charge in [-0.25, -0.2) is 9.97 Å². The van der Waals surface area contributed by atoms with Crippen LogP contribution in [0.1, 0.15) is 30.4 Å². The number of nitrogens with zero attached hydrogens (tertiary/aromatic N) is 4. The van der Waals surface area contributed by atoms with Crippen LogP contribution in [0.2, 0.25) is 0 Å². The molecule has 0 unspecified atom stereocenters. The molecule has 0 radical (unpaired) electrons. The molecule has 2 aliphatic rings. The second-order valence-electron chi connectivity index (χ2n) is 7.12. The number of carbonyl (C=O) groups excluding carboxylic acids is 1. The molecule has 2 aliphatic heterocycles. The fraction of sp³-hybridized carbons (Fsp3) is 0.450. The maximum atomic E-state index is 12.8. The fourth-order valence-electron chi connectivity index (χ4n) is 3.84. The molecule has 130 valence electrons. The molecule has 25 heavy (non-hydrogen) atoms. The molecule has 3 heterocycles. The number of aryl methyl sites for hydroxylation is 1. The Kier molecular flexibility index (Phi) is 4.38. The molecule has 1 aromatic heterocycles. The van der Waals surface area contributed by atoms with Crippen molar-refractivity contribution in [2.75, 3.05) is 29.4 Å². The highest BCUT2D eigenvalue weighted by molar-refractivity contribution is 5.95. The van der Waals surface area contributed by atoms with Gasteiger partial charge in [-0.3, -0.25) is 4.79 Å². The molecule has 0 atom stereocenters. The normalized spacial score (nSPS) is 17.6. The van der Waals surface area contributed by atoms with Crippen molar-refractivity contribution >= 4 is 17.5 Å². The second kappa shape index (κ2) is 6.82. The van der Waals surface area contributed by atoms with E-state index in [0.717, 1.165) is 56.1 Å². The summed E-state index contributed by atoms with van der Waals surface area (Å²) in [6.45, 7) is 4.68. The average molecular weight is 336 g/mol. The van der Waals surface area contributed by atoms with Gasteiger partial charge in [-0.1, -0.05) is 18.2 Å². The number of carbonyl (C=O) groups is 1. The summed E-state index contributed by atoms with van der Waals surface area (Å²) in [4.78, 5) is 25.8. The Balaban J connectivity index is 1.33. The van der Waals surface area contributed by atoms with Crippen molar-refractivity contribution in [1.82, 2.24) is 9.97 Å². The number of piperidine rings is 1. The molecule has 0 aliphatic carbocycles. The SMILES string of the molecule is Cc1cnc(N2CCC(CC(=O)N3CCc4ccccc43)CC2)nc1. The summed E-state index contributed by atoms with van der Waals surface area (Å²) in [7, 11) is 0. The van der Waals surface area contributed by atoms with Gasteiger partial charge in [-0.15, -0.1) is 0 Å². The highest BCUT2D eigenvalue weighted by atomic mass is 16.2. The summed E-state index contributed by atoms with van der Waals surface area (Å²) in [6.07, 6.45) is 7.41. The molecule has 0 bridgehead atoms. The van der Waals surface area contributed by atoms with Gasteiger partial charge < -0.3 is 9.80 Å². The van der Waals surface area contributed by atoms with Crippen LogP contribution < -0.4 is 9.80 Å². The van der Waals surface area contributed by atoms with Crippen molar-refractivity contribution in [3.8, 4) is 0 Å². The molecule has 1 saturated heterocycles. The Hall–Kier alpha value is -2.43. The summed E-state index contributed by atoms with van der Waals surface area (Å²) in [5.41, 5.74) is 3.48. The highest BCUT2D eigenvalue weighted by Crippen LogP contribution is 2.30. The maximum absolute atomic E-state index is 12.8. The van der Waals surface area contributed by atoms with E-state index in [-0.39, 0.29) is 5.91 Å². The fourth-order valence-corrected chi connectivity index (χ4v) is 3.84. The number of hydrogen-bond acceptors (Lipinski definition) is 4. The van der Waals surface area contributed by atoms with E-state index in [1.807, 2.05) is 30.3 Å². The average Bonchev–Trinajstić information content (AvgIpc) is 3.07. The number of fused-ring (bicyclic) bond motifs is 1. The van der Waals surface area contributed by atoms with Crippen molar-refractivity contribution in [2.45, 2.75) is 32.6 Å². The topological polar surface area (TPSA) is 49.3 Å². The summed E-state index contributed by atoms with van der Waals surface area (Å²) >= 11 is 0. The molecule has 0 spiro atoms. The smallest absolute Gasteiger partial charge is 0.227 e. The number of aromatic nitrogens is 2. The Morgan fingerprint density at radius 2 is 1.84 bits per heavy atom. The lowest BCUT2D eigenvalue weighted by Gasteiger charge is -2.32. The molecule has 0 N–H and O–H groups in total. The van der Waals surface area contributed by atoms with Gasteiger partial charge >= 0.3 is 0 Å². The van der Waals surface area contributed by atoms with Gasteiger partial charge in [-0.2, -0.15) is 0 Å². The first-order valence-corrected chi connectivity index (χ1v) is 9.12. The van der Waals surface area contributed by atoms with E-state index in [1.165, 1.54) is 5.56 Å². The zero-order valence-electron chi connectivity index (χ0n) is 14.7. The number of rotatable bonds is 3. The lowest BCUT2D eigenvalue weighted by molar-refractivity contribution is -0.119. The van der Waals surface area contributed by atoms with Crippen molar-refractivity contribution in [2.24, 2.45) is 5.92 Å².